The van der Waals surface area contributed by atoms with Gasteiger partial charge >= 0.3 is 11.9 Å². The molecule has 0 saturated heterocycles. The molecule has 0 spiro atoms. The van der Waals surface area contributed by atoms with Crippen molar-refractivity contribution in [2.24, 2.45) is 0 Å². The Morgan fingerprint density at radius 1 is 0.403 bits per heavy atom. The smallest absolute Gasteiger partial charge is 0.307 e. The fraction of sp³-hybridized carbons (Fsp3) is 0.500. The van der Waals surface area contributed by atoms with Gasteiger partial charge in [-0.25, -0.2) is 0 Å². The van der Waals surface area contributed by atoms with Gasteiger partial charge in [-0.2, -0.15) is 0 Å². The first-order chi connectivity index (χ1) is 28.4. The minimum absolute atomic E-state index is 0.0599. The maximum Gasteiger partial charge on any atom is 0.307 e. The number of ether oxygens (including phenoxy) is 2. The summed E-state index contributed by atoms with van der Waals surface area (Å²) in [5.74, 6) is -0.338. The largest absolute Gasteiger partial charge is 0.508 e. The van der Waals surface area contributed by atoms with Crippen LogP contribution in [-0.4, -0.2) is 69.0 Å². The van der Waals surface area contributed by atoms with Crippen LogP contribution in [0.25, 0.3) is 0 Å². The highest BCUT2D eigenvalue weighted by molar-refractivity contribution is 5.74. The number of hydrogen-bond acceptors (Lipinski definition) is 10. The molecule has 0 aliphatic heterocycles. The van der Waals surface area contributed by atoms with E-state index in [1.165, 1.54) is 0 Å². The summed E-state index contributed by atoms with van der Waals surface area (Å²) < 4.78 is 11.5. The maximum atomic E-state index is 13.7. The van der Waals surface area contributed by atoms with Gasteiger partial charge < -0.3 is 40.1 Å². The molecule has 4 rings (SSSR count). The van der Waals surface area contributed by atoms with Gasteiger partial charge in [0.25, 0.3) is 0 Å². The Morgan fingerprint density at radius 2 is 0.613 bits per heavy atom. The molecular weight excluding hydrogens is 785 g/mol. The van der Waals surface area contributed by atoms with E-state index in [1.54, 1.807) is 24.3 Å². The SMILES string of the molecule is CC(C)(C)c1cc(C(C)(CC(=O)OCCOC(=O)CC(C)(c2ccc(O)c(C(C)(C)C)c2)c2ccc(O)c(C(C)(C)C)c2)c2ccc(O)c(C(C)(C)C)c2)ccc1O.OCCO. The van der Waals surface area contributed by atoms with Crippen LogP contribution in [0.4, 0.5) is 0 Å². The minimum atomic E-state index is -0.914. The molecule has 0 aromatic heterocycles. The van der Waals surface area contributed by atoms with Gasteiger partial charge in [0.15, 0.2) is 0 Å². The van der Waals surface area contributed by atoms with Gasteiger partial charge in [-0.3, -0.25) is 9.59 Å². The molecule has 340 valence electrons. The topological polar surface area (TPSA) is 174 Å². The summed E-state index contributed by atoms with van der Waals surface area (Å²) in [7, 11) is 0. The van der Waals surface area contributed by atoms with E-state index < -0.39 is 22.8 Å². The molecule has 0 saturated carbocycles. The molecular formula is C52H72O10. The molecule has 0 unspecified atom stereocenters. The van der Waals surface area contributed by atoms with Gasteiger partial charge in [0.1, 0.15) is 36.2 Å². The average Bonchev–Trinajstić information content (AvgIpc) is 3.15. The van der Waals surface area contributed by atoms with Crippen LogP contribution < -0.4 is 0 Å². The molecule has 10 nitrogen and oxygen atoms in total. The van der Waals surface area contributed by atoms with Crippen molar-refractivity contribution in [3.8, 4) is 23.0 Å². The number of hydrogen-bond donors (Lipinski definition) is 6. The Hall–Kier alpha value is -5.06. The Morgan fingerprint density at radius 3 is 0.790 bits per heavy atom. The lowest BCUT2D eigenvalue weighted by molar-refractivity contribution is -0.153. The normalized spacial score (nSPS) is 12.6. The second-order valence-electron chi connectivity index (χ2n) is 20.8. The zero-order valence-corrected chi connectivity index (χ0v) is 39.5. The summed E-state index contributed by atoms with van der Waals surface area (Å²) >= 11 is 0. The lowest BCUT2D eigenvalue weighted by atomic mass is 9.70. The van der Waals surface area contributed by atoms with E-state index in [1.807, 2.05) is 145 Å². The maximum absolute atomic E-state index is 13.7. The van der Waals surface area contributed by atoms with E-state index in [4.69, 9.17) is 19.7 Å². The third-order valence-corrected chi connectivity index (χ3v) is 11.5. The van der Waals surface area contributed by atoms with Gasteiger partial charge in [0.2, 0.25) is 0 Å². The fourth-order valence-corrected chi connectivity index (χ4v) is 7.65. The molecule has 0 heterocycles. The highest BCUT2D eigenvalue weighted by Gasteiger charge is 2.37. The predicted molar refractivity (Wildman–Crippen MR) is 245 cm³/mol. The second-order valence-corrected chi connectivity index (χ2v) is 20.8. The van der Waals surface area contributed by atoms with Crippen molar-refractivity contribution in [1.29, 1.82) is 0 Å². The number of carbonyl (C=O) groups is 2. The number of phenolic OH excluding ortho intramolecular Hbond substituents is 4. The van der Waals surface area contributed by atoms with Crippen LogP contribution in [0.15, 0.2) is 72.8 Å². The van der Waals surface area contributed by atoms with Crippen molar-refractivity contribution in [3.63, 3.8) is 0 Å². The van der Waals surface area contributed by atoms with E-state index in [0.29, 0.717) is 0 Å². The van der Waals surface area contributed by atoms with E-state index >= 15 is 0 Å². The molecule has 0 fully saturated rings. The van der Waals surface area contributed by atoms with Crippen LogP contribution in [0, 0.1) is 0 Å². The fourth-order valence-electron chi connectivity index (χ4n) is 7.65. The highest BCUT2D eigenvalue weighted by atomic mass is 16.6. The molecule has 0 bridgehead atoms. The summed E-state index contributed by atoms with van der Waals surface area (Å²) in [5, 5.41) is 58.4. The molecule has 0 amide bonds. The lowest BCUT2D eigenvalue weighted by Crippen LogP contribution is -2.31. The second kappa shape index (κ2) is 19.5. The Balaban J connectivity index is 0.00000245. The Kier molecular flexibility index (Phi) is 16.2. The van der Waals surface area contributed by atoms with Gasteiger partial charge in [0, 0.05) is 10.8 Å². The van der Waals surface area contributed by atoms with Crippen molar-refractivity contribution in [2.45, 2.75) is 142 Å². The molecule has 0 radical (unpaired) electrons. The quantitative estimate of drug-likeness (QED) is 0.0595. The number of aromatic hydroxyl groups is 4. The number of carbonyl (C=O) groups excluding carboxylic acids is 2. The number of esters is 2. The monoisotopic (exact) mass is 857 g/mol. The van der Waals surface area contributed by atoms with Crippen molar-refractivity contribution in [1.82, 2.24) is 0 Å². The van der Waals surface area contributed by atoms with Crippen LogP contribution in [0.1, 0.15) is 154 Å². The van der Waals surface area contributed by atoms with Crippen LogP contribution in [0.5, 0.6) is 23.0 Å². The first-order valence-electron chi connectivity index (χ1n) is 21.3. The minimum Gasteiger partial charge on any atom is -0.508 e. The molecule has 4 aromatic carbocycles. The summed E-state index contributed by atoms with van der Waals surface area (Å²) in [5.41, 5.74) is 2.84. The molecule has 4 aromatic rings. The van der Waals surface area contributed by atoms with Crippen molar-refractivity contribution < 1.29 is 49.7 Å². The first-order valence-corrected chi connectivity index (χ1v) is 21.3. The van der Waals surface area contributed by atoms with E-state index in [2.05, 4.69) is 0 Å². The molecule has 0 aliphatic carbocycles. The third-order valence-electron chi connectivity index (χ3n) is 11.5. The lowest BCUT2D eigenvalue weighted by Gasteiger charge is -2.34. The average molecular weight is 857 g/mol. The standard InChI is InChI=1S/C50H66O8.C2H6O2/c1-45(2,3)35-25-31(15-19-39(35)51)49(13,32-16-20-40(52)36(26-32)46(4,5)6)29-43(55)57-23-24-58-44(56)30-50(14,33-17-21-41(53)37(27-33)47(7,8)9)34-18-22-42(54)38(28-34)48(10,11)12;3-1-2-4/h15-22,25-28,51-54H,23-24,29-30H2,1-14H3;3-4H,1-2H2. The zero-order chi connectivity index (χ0) is 47.2. The van der Waals surface area contributed by atoms with Crippen LogP contribution >= 0.6 is 0 Å². The van der Waals surface area contributed by atoms with Gasteiger partial charge in [-0.15, -0.1) is 0 Å². The van der Waals surface area contributed by atoms with Crippen LogP contribution in [-0.2, 0) is 51.6 Å². The number of aliphatic hydroxyl groups excluding tert-OH is 2. The van der Waals surface area contributed by atoms with Crippen LogP contribution in [0.2, 0.25) is 0 Å². The zero-order valence-electron chi connectivity index (χ0n) is 39.5. The van der Waals surface area contributed by atoms with E-state index in [0.717, 1.165) is 44.5 Å². The Labute approximate surface area is 369 Å². The predicted octanol–water partition coefficient (Wildman–Crippen LogP) is 9.85. The van der Waals surface area contributed by atoms with Gasteiger partial charge in [-0.05, 0) is 90.4 Å². The van der Waals surface area contributed by atoms with Crippen LogP contribution in [0.3, 0.4) is 0 Å². The summed E-state index contributed by atoms with van der Waals surface area (Å²) in [6.07, 6.45) is -0.120. The highest BCUT2D eigenvalue weighted by Crippen LogP contribution is 2.45. The van der Waals surface area contributed by atoms with Crippen molar-refractivity contribution >= 4 is 11.9 Å². The summed E-state index contributed by atoms with van der Waals surface area (Å²) in [4.78, 5) is 27.4. The van der Waals surface area contributed by atoms with Gasteiger partial charge in [-0.1, -0.05) is 145 Å². The Bertz CT molecular complexity index is 1890. The summed E-state index contributed by atoms with van der Waals surface area (Å²) in [6, 6.07) is 21.6. The van der Waals surface area contributed by atoms with Crippen molar-refractivity contribution in [2.75, 3.05) is 26.4 Å². The molecule has 0 atom stereocenters. The molecule has 0 aliphatic rings. The number of rotatable bonds is 12. The number of phenols is 4. The molecule has 10 heteroatoms. The first kappa shape index (κ1) is 51.3. The van der Waals surface area contributed by atoms with E-state index in [-0.39, 0.29) is 83.9 Å². The van der Waals surface area contributed by atoms with Gasteiger partial charge in [0.05, 0.1) is 26.1 Å². The number of benzene rings is 4. The number of aliphatic hydroxyl groups is 2. The van der Waals surface area contributed by atoms with E-state index in [9.17, 15) is 30.0 Å². The molecule has 62 heavy (non-hydrogen) atoms. The third kappa shape index (κ3) is 12.5. The summed E-state index contributed by atoms with van der Waals surface area (Å²) in [6.45, 7) is 27.5. The molecule has 6 N–H and O–H groups in total. The van der Waals surface area contributed by atoms with Crippen molar-refractivity contribution in [3.05, 3.63) is 117 Å².